The molecule has 0 saturated carbocycles. The molecular weight excluding hydrogens is 376 g/mol. The van der Waals surface area contributed by atoms with Crippen molar-refractivity contribution in [3.8, 4) is 11.1 Å². The van der Waals surface area contributed by atoms with Gasteiger partial charge in [0, 0.05) is 29.0 Å². The van der Waals surface area contributed by atoms with Crippen LogP contribution in [0.15, 0.2) is 54.9 Å². The number of pyridine rings is 1. The molecule has 0 unspecified atom stereocenters. The van der Waals surface area contributed by atoms with E-state index in [9.17, 15) is 9.90 Å². The summed E-state index contributed by atoms with van der Waals surface area (Å²) >= 11 is 6.00. The van der Waals surface area contributed by atoms with Crippen molar-refractivity contribution >= 4 is 23.3 Å². The Morgan fingerprint density at radius 1 is 1.21 bits per heavy atom. The van der Waals surface area contributed by atoms with Gasteiger partial charge in [0.05, 0.1) is 12.6 Å². The first-order valence-corrected chi connectivity index (χ1v) is 9.42. The Morgan fingerprint density at radius 3 is 2.75 bits per heavy atom. The lowest BCUT2D eigenvalue weighted by molar-refractivity contribution is 0.0912. The van der Waals surface area contributed by atoms with Gasteiger partial charge in [-0.3, -0.25) is 4.79 Å². The van der Waals surface area contributed by atoms with E-state index in [0.717, 1.165) is 22.5 Å². The van der Waals surface area contributed by atoms with Crippen LogP contribution in [-0.4, -0.2) is 33.6 Å². The molecule has 0 saturated heterocycles. The van der Waals surface area contributed by atoms with Crippen LogP contribution in [-0.2, 0) is 0 Å². The van der Waals surface area contributed by atoms with Crippen molar-refractivity contribution in [2.75, 3.05) is 11.9 Å². The van der Waals surface area contributed by atoms with Crippen molar-refractivity contribution in [3.05, 3.63) is 71.1 Å². The van der Waals surface area contributed by atoms with Gasteiger partial charge in [0.1, 0.15) is 11.5 Å². The molecule has 0 aliphatic heterocycles. The van der Waals surface area contributed by atoms with Crippen molar-refractivity contribution in [2.24, 2.45) is 0 Å². The molecule has 0 radical (unpaired) electrons. The van der Waals surface area contributed by atoms with E-state index in [4.69, 9.17) is 11.6 Å². The van der Waals surface area contributed by atoms with E-state index in [1.807, 2.05) is 32.0 Å². The Balaban J connectivity index is 1.75. The number of H-pyrrole nitrogens is 1. The zero-order chi connectivity index (χ0) is 20.1. The van der Waals surface area contributed by atoms with E-state index in [1.54, 1.807) is 36.7 Å². The minimum absolute atomic E-state index is 0.228. The number of aromatic amines is 1. The van der Waals surface area contributed by atoms with Crippen LogP contribution < -0.4 is 10.6 Å². The third-order valence-corrected chi connectivity index (χ3v) is 4.43. The highest BCUT2D eigenvalue weighted by Gasteiger charge is 2.17. The van der Waals surface area contributed by atoms with E-state index in [2.05, 4.69) is 20.6 Å². The van der Waals surface area contributed by atoms with Gasteiger partial charge < -0.3 is 20.7 Å². The number of carbonyl (C=O) groups is 1. The molecule has 1 amide bonds. The minimum atomic E-state index is -0.541. The van der Waals surface area contributed by atoms with Crippen LogP contribution in [0.3, 0.4) is 0 Å². The summed E-state index contributed by atoms with van der Waals surface area (Å²) in [7, 11) is 0. The fourth-order valence-corrected chi connectivity index (χ4v) is 3.07. The maximum atomic E-state index is 12.6. The minimum Gasteiger partial charge on any atom is -0.394 e. The first-order chi connectivity index (χ1) is 13.5. The normalized spacial score (nSPS) is 12.0. The number of halogens is 1. The maximum Gasteiger partial charge on any atom is 0.268 e. The van der Waals surface area contributed by atoms with Crippen molar-refractivity contribution < 1.29 is 9.90 Å². The first kappa shape index (κ1) is 19.9. The zero-order valence-corrected chi connectivity index (χ0v) is 16.5. The van der Waals surface area contributed by atoms with Gasteiger partial charge in [-0.05, 0) is 55.3 Å². The highest BCUT2D eigenvalue weighted by molar-refractivity contribution is 6.30. The zero-order valence-electron chi connectivity index (χ0n) is 15.7. The van der Waals surface area contributed by atoms with Crippen molar-refractivity contribution in [1.29, 1.82) is 0 Å². The quantitative estimate of drug-likeness (QED) is 0.484. The number of rotatable bonds is 7. The maximum absolute atomic E-state index is 12.6. The number of hydrogen-bond donors (Lipinski definition) is 4. The number of nitrogens with zero attached hydrogens (tertiary/aromatic N) is 1. The Labute approximate surface area is 169 Å². The second-order valence-corrected chi connectivity index (χ2v) is 7.23. The number of benzene rings is 1. The summed E-state index contributed by atoms with van der Waals surface area (Å²) in [5, 5.41) is 16.3. The third-order valence-electron chi connectivity index (χ3n) is 4.20. The number of anilines is 1. The van der Waals surface area contributed by atoms with Gasteiger partial charge in [-0.2, -0.15) is 0 Å². The third kappa shape index (κ3) is 4.91. The number of aliphatic hydroxyl groups is 1. The van der Waals surface area contributed by atoms with Crippen molar-refractivity contribution in [2.45, 2.75) is 25.9 Å². The van der Waals surface area contributed by atoms with E-state index in [0.29, 0.717) is 10.7 Å². The molecule has 146 valence electrons. The van der Waals surface area contributed by atoms with Gasteiger partial charge in [-0.15, -0.1) is 0 Å². The van der Waals surface area contributed by atoms with Gasteiger partial charge in [0.25, 0.3) is 5.91 Å². The van der Waals surface area contributed by atoms with E-state index >= 15 is 0 Å². The largest absolute Gasteiger partial charge is 0.394 e. The smallest absolute Gasteiger partial charge is 0.268 e. The van der Waals surface area contributed by atoms with Crippen LogP contribution in [0.4, 0.5) is 5.82 Å². The Kier molecular flexibility index (Phi) is 6.34. The Bertz CT molecular complexity index is 955. The summed E-state index contributed by atoms with van der Waals surface area (Å²) in [5.41, 5.74) is 2.98. The van der Waals surface area contributed by atoms with Gasteiger partial charge in [-0.1, -0.05) is 23.7 Å². The van der Waals surface area contributed by atoms with Crippen LogP contribution in [0.5, 0.6) is 0 Å². The standard InChI is InChI=1S/C21H23ClN4O2/c1-13(2)25-20-10-14(6-7-23-20)16-9-18(24-11-16)21(28)26-19(12-27)15-4-3-5-17(22)8-15/h3-11,13,19,24,27H,12H2,1-2H3,(H,23,25)(H,26,28)/t19-/m1/s1. The predicted octanol–water partition coefficient (Wildman–Crippen LogP) is 4.01. The number of carbonyl (C=O) groups excluding carboxylic acids is 1. The number of aromatic nitrogens is 2. The Morgan fingerprint density at radius 2 is 2.04 bits per heavy atom. The molecule has 0 fully saturated rings. The van der Waals surface area contributed by atoms with Gasteiger partial charge in [-0.25, -0.2) is 4.98 Å². The van der Waals surface area contributed by atoms with Crippen LogP contribution in [0.25, 0.3) is 11.1 Å². The molecule has 6 nitrogen and oxygen atoms in total. The lowest BCUT2D eigenvalue weighted by Gasteiger charge is -2.16. The molecule has 1 aromatic carbocycles. The first-order valence-electron chi connectivity index (χ1n) is 9.05. The van der Waals surface area contributed by atoms with Crippen LogP contribution in [0.2, 0.25) is 5.02 Å². The summed E-state index contributed by atoms with van der Waals surface area (Å²) < 4.78 is 0. The summed E-state index contributed by atoms with van der Waals surface area (Å²) in [6.45, 7) is 3.86. The molecule has 7 heteroatoms. The lowest BCUT2D eigenvalue weighted by atomic mass is 10.1. The molecular formula is C21H23ClN4O2. The molecule has 2 aromatic heterocycles. The second-order valence-electron chi connectivity index (χ2n) is 6.79. The highest BCUT2D eigenvalue weighted by atomic mass is 35.5. The molecule has 0 bridgehead atoms. The molecule has 0 spiro atoms. The average Bonchev–Trinajstić information content (AvgIpc) is 3.16. The number of nitrogens with one attached hydrogen (secondary N) is 3. The van der Waals surface area contributed by atoms with Crippen molar-refractivity contribution in [1.82, 2.24) is 15.3 Å². The van der Waals surface area contributed by atoms with Crippen LogP contribution >= 0.6 is 11.6 Å². The fraction of sp³-hybridized carbons (Fsp3) is 0.238. The van der Waals surface area contributed by atoms with Crippen LogP contribution in [0.1, 0.15) is 35.9 Å². The summed E-state index contributed by atoms with van der Waals surface area (Å²) in [6.07, 6.45) is 3.50. The monoisotopic (exact) mass is 398 g/mol. The van der Waals surface area contributed by atoms with Crippen LogP contribution in [0, 0.1) is 0 Å². The van der Waals surface area contributed by atoms with Crippen molar-refractivity contribution in [3.63, 3.8) is 0 Å². The molecule has 2 heterocycles. The molecule has 3 rings (SSSR count). The SMILES string of the molecule is CC(C)Nc1cc(-c2c[nH]c(C(=O)N[C@H](CO)c3cccc(Cl)c3)c2)ccn1. The number of amides is 1. The van der Waals surface area contributed by atoms with E-state index in [-0.39, 0.29) is 18.6 Å². The molecule has 4 N–H and O–H groups in total. The summed E-state index contributed by atoms with van der Waals surface area (Å²) in [6, 6.07) is 12.4. The number of aliphatic hydroxyl groups excluding tert-OH is 1. The van der Waals surface area contributed by atoms with E-state index < -0.39 is 6.04 Å². The highest BCUT2D eigenvalue weighted by Crippen LogP contribution is 2.23. The predicted molar refractivity (Wildman–Crippen MR) is 112 cm³/mol. The number of hydrogen-bond acceptors (Lipinski definition) is 4. The lowest BCUT2D eigenvalue weighted by Crippen LogP contribution is -2.31. The van der Waals surface area contributed by atoms with E-state index in [1.165, 1.54) is 0 Å². The van der Waals surface area contributed by atoms with Gasteiger partial charge >= 0.3 is 0 Å². The Hall–Kier alpha value is -2.83. The van der Waals surface area contributed by atoms with Gasteiger partial charge in [0.2, 0.25) is 0 Å². The summed E-state index contributed by atoms with van der Waals surface area (Å²) in [5.74, 6) is 0.473. The molecule has 0 aliphatic carbocycles. The van der Waals surface area contributed by atoms with Gasteiger partial charge in [0.15, 0.2) is 0 Å². The molecule has 1 atom stereocenters. The molecule has 28 heavy (non-hydrogen) atoms. The molecule has 0 aliphatic rings. The average molecular weight is 399 g/mol. The topological polar surface area (TPSA) is 90.0 Å². The second kappa shape index (κ2) is 8.91. The summed E-state index contributed by atoms with van der Waals surface area (Å²) in [4.78, 5) is 19.9. The fourth-order valence-electron chi connectivity index (χ4n) is 2.87. The molecule has 3 aromatic rings.